The van der Waals surface area contributed by atoms with Crippen LogP contribution in [0.1, 0.15) is 32.3 Å². The van der Waals surface area contributed by atoms with Crippen LogP contribution in [0.15, 0.2) is 53.4 Å². The summed E-state index contributed by atoms with van der Waals surface area (Å²) in [6.07, 6.45) is 0. The zero-order chi connectivity index (χ0) is 18.6. The van der Waals surface area contributed by atoms with Crippen molar-refractivity contribution in [2.75, 3.05) is 0 Å². The lowest BCUT2D eigenvalue weighted by Crippen LogP contribution is -2.15. The van der Waals surface area contributed by atoms with Crippen LogP contribution in [-0.4, -0.2) is 29.5 Å². The van der Waals surface area contributed by atoms with E-state index in [0.717, 1.165) is 6.07 Å². The van der Waals surface area contributed by atoms with Crippen LogP contribution >= 0.6 is 11.6 Å². The van der Waals surface area contributed by atoms with E-state index in [1.54, 1.807) is 24.3 Å². The second-order valence-electron chi connectivity index (χ2n) is 5.89. The van der Waals surface area contributed by atoms with Gasteiger partial charge < -0.3 is 0 Å². The molecule has 1 aromatic heterocycles. The van der Waals surface area contributed by atoms with Gasteiger partial charge in [-0.1, -0.05) is 41.9 Å². The summed E-state index contributed by atoms with van der Waals surface area (Å²) in [6, 6.07) is 12.0. The van der Waals surface area contributed by atoms with Gasteiger partial charge in [0.05, 0.1) is 11.2 Å². The molecule has 130 valence electrons. The maximum Gasteiger partial charge on any atom is 0.296 e. The second-order valence-corrected chi connectivity index (χ2v) is 7.72. The van der Waals surface area contributed by atoms with Gasteiger partial charge in [-0.05, 0) is 18.2 Å². The predicted molar refractivity (Wildman–Crippen MR) is 94.4 cm³/mol. The highest BCUT2D eigenvalue weighted by atomic mass is 35.5. The number of benzene rings is 2. The van der Waals surface area contributed by atoms with E-state index in [2.05, 4.69) is 4.98 Å². The van der Waals surface area contributed by atoms with Crippen LogP contribution in [0.4, 0.5) is 0 Å². The molecule has 3 aromatic rings. The van der Waals surface area contributed by atoms with Crippen LogP contribution in [0.5, 0.6) is 0 Å². The molecule has 0 fully saturated rings. The van der Waals surface area contributed by atoms with Crippen LogP contribution in [0.2, 0.25) is 5.02 Å². The molecule has 6 nitrogen and oxygen atoms in total. The average molecular weight is 388 g/mol. The Morgan fingerprint density at radius 1 is 0.962 bits per heavy atom. The number of hydrogen-bond acceptors (Lipinski definition) is 5. The van der Waals surface area contributed by atoms with Crippen LogP contribution in [-0.2, 0) is 10.1 Å². The third-order valence-corrected chi connectivity index (χ3v) is 5.39. The largest absolute Gasteiger partial charge is 0.296 e. The number of pyridine rings is 1. The Labute approximate surface area is 153 Å². The molecule has 26 heavy (non-hydrogen) atoms. The molecule has 0 saturated heterocycles. The maximum absolute atomic E-state index is 12.6. The van der Waals surface area contributed by atoms with Gasteiger partial charge in [0, 0.05) is 21.5 Å². The summed E-state index contributed by atoms with van der Waals surface area (Å²) in [5.74, 6) is -1.92. The van der Waals surface area contributed by atoms with E-state index in [1.807, 2.05) is 0 Å². The highest BCUT2D eigenvalue weighted by Gasteiger charge is 2.40. The van der Waals surface area contributed by atoms with Crippen LogP contribution < -0.4 is 0 Å². The summed E-state index contributed by atoms with van der Waals surface area (Å²) < 4.78 is 32.8. The third-order valence-electron chi connectivity index (χ3n) is 4.30. The quantitative estimate of drug-likeness (QED) is 0.534. The number of Topliss-reactive ketones (excluding diaryl/α,β-unsaturated/α-hetero) is 2. The van der Waals surface area contributed by atoms with Gasteiger partial charge in [0.25, 0.3) is 10.1 Å². The molecule has 0 aliphatic heterocycles. The SMILES string of the molecule is O=C1c2ccccc2C(=O)C1c1ccc2cc(Cl)cc(S(=O)(=O)O)c2n1. The van der Waals surface area contributed by atoms with E-state index in [4.69, 9.17) is 11.6 Å². The fraction of sp³-hybridized carbons (Fsp3) is 0.0556. The summed E-state index contributed by atoms with van der Waals surface area (Å²) in [6.45, 7) is 0. The molecule has 8 heteroatoms. The van der Waals surface area contributed by atoms with Crippen molar-refractivity contribution in [2.45, 2.75) is 10.8 Å². The molecule has 1 aliphatic carbocycles. The summed E-state index contributed by atoms with van der Waals surface area (Å²) in [4.78, 5) is 29.0. The van der Waals surface area contributed by atoms with Crippen LogP contribution in [0, 0.1) is 0 Å². The van der Waals surface area contributed by atoms with E-state index in [1.165, 1.54) is 18.2 Å². The van der Waals surface area contributed by atoms with Crippen LogP contribution in [0.3, 0.4) is 0 Å². The van der Waals surface area contributed by atoms with Gasteiger partial charge in [-0.3, -0.25) is 19.1 Å². The fourth-order valence-electron chi connectivity index (χ4n) is 3.15. The minimum absolute atomic E-state index is 0.0500. The average Bonchev–Trinajstić information content (AvgIpc) is 2.84. The number of carbonyl (C=O) groups excluding carboxylic acids is 2. The number of ketones is 2. The molecule has 0 radical (unpaired) electrons. The van der Waals surface area contributed by atoms with Crippen molar-refractivity contribution < 1.29 is 22.6 Å². The highest BCUT2D eigenvalue weighted by Crippen LogP contribution is 2.35. The summed E-state index contributed by atoms with van der Waals surface area (Å²) in [7, 11) is -4.59. The van der Waals surface area contributed by atoms with Gasteiger partial charge in [0.1, 0.15) is 10.8 Å². The molecule has 0 bridgehead atoms. The monoisotopic (exact) mass is 387 g/mol. The summed E-state index contributed by atoms with van der Waals surface area (Å²) in [5, 5.41) is 0.476. The zero-order valence-corrected chi connectivity index (χ0v) is 14.6. The molecule has 1 heterocycles. The van der Waals surface area contributed by atoms with Crippen molar-refractivity contribution in [1.82, 2.24) is 4.98 Å². The normalized spacial score (nSPS) is 14.8. The second kappa shape index (κ2) is 5.70. The molecule has 1 N–H and O–H groups in total. The lowest BCUT2D eigenvalue weighted by Gasteiger charge is -2.10. The Morgan fingerprint density at radius 2 is 1.58 bits per heavy atom. The first kappa shape index (κ1) is 16.8. The van der Waals surface area contributed by atoms with Gasteiger partial charge in [-0.25, -0.2) is 0 Å². The highest BCUT2D eigenvalue weighted by molar-refractivity contribution is 7.86. The molecule has 0 saturated carbocycles. The number of aromatic nitrogens is 1. The first-order valence-electron chi connectivity index (χ1n) is 7.52. The maximum atomic E-state index is 12.6. The molecule has 2 aromatic carbocycles. The van der Waals surface area contributed by atoms with E-state index in [9.17, 15) is 22.6 Å². The van der Waals surface area contributed by atoms with Crippen molar-refractivity contribution in [1.29, 1.82) is 0 Å². The molecule has 4 rings (SSSR count). The van der Waals surface area contributed by atoms with Gasteiger partial charge in [-0.15, -0.1) is 0 Å². The Morgan fingerprint density at radius 3 is 2.15 bits per heavy atom. The van der Waals surface area contributed by atoms with E-state index >= 15 is 0 Å². The smallest absolute Gasteiger partial charge is 0.293 e. The van der Waals surface area contributed by atoms with Crippen molar-refractivity contribution in [3.05, 3.63) is 70.4 Å². The lowest BCUT2D eigenvalue weighted by atomic mass is 9.98. The van der Waals surface area contributed by atoms with Crippen molar-refractivity contribution in [3.63, 3.8) is 0 Å². The van der Waals surface area contributed by atoms with Crippen molar-refractivity contribution in [2.24, 2.45) is 0 Å². The minimum atomic E-state index is -4.59. The first-order valence-corrected chi connectivity index (χ1v) is 9.34. The minimum Gasteiger partial charge on any atom is -0.293 e. The van der Waals surface area contributed by atoms with Crippen LogP contribution in [0.25, 0.3) is 10.9 Å². The van der Waals surface area contributed by atoms with Gasteiger partial charge >= 0.3 is 0 Å². The Bertz CT molecular complexity index is 1180. The molecule has 0 unspecified atom stereocenters. The molecule has 0 atom stereocenters. The van der Waals surface area contributed by atoms with Crippen molar-refractivity contribution >= 4 is 44.2 Å². The molecular formula is C18H10ClNO5S. The first-order chi connectivity index (χ1) is 12.3. The fourth-order valence-corrected chi connectivity index (χ4v) is 4.13. The molecule has 0 amide bonds. The van der Waals surface area contributed by atoms with E-state index in [0.29, 0.717) is 16.5 Å². The Kier molecular flexibility index (Phi) is 3.69. The van der Waals surface area contributed by atoms with Gasteiger partial charge in [0.2, 0.25) is 0 Å². The van der Waals surface area contributed by atoms with Gasteiger partial charge in [-0.2, -0.15) is 8.42 Å². The van der Waals surface area contributed by atoms with Crippen molar-refractivity contribution in [3.8, 4) is 0 Å². The Balaban J connectivity index is 1.94. The number of rotatable bonds is 2. The lowest BCUT2D eigenvalue weighted by molar-refractivity contribution is 0.0888. The third kappa shape index (κ3) is 2.52. The standard InChI is InChI=1S/C18H10ClNO5S/c19-10-7-9-5-6-13(20-16(9)14(8-10)26(23,24)25)15-17(21)11-3-1-2-4-12(11)18(15)22/h1-8,15H,(H,23,24,25). The number of fused-ring (bicyclic) bond motifs is 2. The molecular weight excluding hydrogens is 378 g/mol. The Hall–Kier alpha value is -2.61. The number of nitrogens with zero attached hydrogens (tertiary/aromatic N) is 1. The zero-order valence-electron chi connectivity index (χ0n) is 13.0. The predicted octanol–water partition coefficient (Wildman–Crippen LogP) is 3.30. The summed E-state index contributed by atoms with van der Waals surface area (Å²) >= 11 is 5.89. The van der Waals surface area contributed by atoms with Gasteiger partial charge in [0.15, 0.2) is 11.6 Å². The molecule has 0 spiro atoms. The number of carbonyl (C=O) groups is 2. The van der Waals surface area contributed by atoms with E-state index in [-0.39, 0.29) is 27.8 Å². The van der Waals surface area contributed by atoms with E-state index < -0.39 is 20.9 Å². The number of halogens is 1. The molecule has 1 aliphatic rings. The topological polar surface area (TPSA) is 101 Å². The number of hydrogen-bond donors (Lipinski definition) is 1. The summed E-state index contributed by atoms with van der Waals surface area (Å²) in [5.41, 5.74) is 0.702.